The van der Waals surface area contributed by atoms with Crippen LogP contribution in [0.5, 0.6) is 5.75 Å². The molecule has 0 radical (unpaired) electrons. The number of nitrogens with zero attached hydrogens (tertiary/aromatic N) is 1. The van der Waals surface area contributed by atoms with Gasteiger partial charge in [0, 0.05) is 22.8 Å². The van der Waals surface area contributed by atoms with Gasteiger partial charge in [-0.25, -0.2) is 0 Å². The molecule has 1 aromatic carbocycles. The molecule has 2 amide bonds. The summed E-state index contributed by atoms with van der Waals surface area (Å²) in [5.41, 5.74) is 0.576. The third-order valence-electron chi connectivity index (χ3n) is 7.07. The van der Waals surface area contributed by atoms with Gasteiger partial charge in [0.2, 0.25) is 0 Å². The molecule has 4 aliphatic carbocycles. The average Bonchev–Trinajstić information content (AvgIpc) is 2.72. The van der Waals surface area contributed by atoms with Gasteiger partial charge in [0.15, 0.2) is 0 Å². The van der Waals surface area contributed by atoms with Crippen LogP contribution in [0.3, 0.4) is 0 Å². The molecule has 1 heterocycles. The minimum atomic E-state index is -0.258. The second-order valence-corrected chi connectivity index (χ2v) is 9.37. The van der Waals surface area contributed by atoms with Crippen molar-refractivity contribution in [2.75, 3.05) is 7.11 Å². The molecule has 156 valence electrons. The number of hydrogen-bond acceptors (Lipinski definition) is 4. The fourth-order valence-corrected chi connectivity index (χ4v) is 6.41. The third kappa shape index (κ3) is 3.44. The summed E-state index contributed by atoms with van der Waals surface area (Å²) in [6.45, 7) is 0. The van der Waals surface area contributed by atoms with E-state index in [1.165, 1.54) is 6.42 Å². The number of hydrogen-bond donors (Lipinski definition) is 2. The number of nitrogens with one attached hydrogen (secondary N) is 2. The summed E-state index contributed by atoms with van der Waals surface area (Å²) in [5, 5.41) is 6.69. The van der Waals surface area contributed by atoms with E-state index in [-0.39, 0.29) is 22.9 Å². The van der Waals surface area contributed by atoms with E-state index in [1.54, 1.807) is 31.5 Å². The molecule has 30 heavy (non-hydrogen) atoms. The molecular formula is C24H27N3O3. The van der Waals surface area contributed by atoms with Crippen LogP contribution in [0.1, 0.15) is 59.4 Å². The largest absolute Gasteiger partial charge is 0.497 e. The Bertz CT molecular complexity index is 943. The number of rotatable bonds is 5. The minimum absolute atomic E-state index is 0.0502. The van der Waals surface area contributed by atoms with Gasteiger partial charge in [-0.15, -0.1) is 0 Å². The van der Waals surface area contributed by atoms with Gasteiger partial charge in [-0.2, -0.15) is 0 Å². The molecule has 4 bridgehead atoms. The fraction of sp³-hybridized carbons (Fsp3) is 0.458. The average molecular weight is 405 g/mol. The topological polar surface area (TPSA) is 80.3 Å². The second-order valence-electron chi connectivity index (χ2n) is 9.37. The van der Waals surface area contributed by atoms with Crippen molar-refractivity contribution in [2.24, 2.45) is 11.8 Å². The number of ether oxygens (including phenoxy) is 1. The number of benzene rings is 1. The Balaban J connectivity index is 1.35. The van der Waals surface area contributed by atoms with Crippen molar-refractivity contribution in [1.82, 2.24) is 15.6 Å². The number of amides is 2. The fourth-order valence-electron chi connectivity index (χ4n) is 6.41. The molecule has 2 aromatic rings. The maximum Gasteiger partial charge on any atom is 0.270 e. The lowest BCUT2D eigenvalue weighted by Crippen LogP contribution is -2.69. The molecule has 0 spiro atoms. The predicted molar refractivity (Wildman–Crippen MR) is 112 cm³/mol. The quantitative estimate of drug-likeness (QED) is 0.800. The lowest BCUT2D eigenvalue weighted by Gasteiger charge is -2.62. The summed E-state index contributed by atoms with van der Waals surface area (Å²) >= 11 is 0. The zero-order valence-electron chi connectivity index (χ0n) is 17.2. The Labute approximate surface area is 176 Å². The molecule has 2 N–H and O–H groups in total. The van der Waals surface area contributed by atoms with E-state index >= 15 is 0 Å². The molecule has 0 aliphatic heterocycles. The summed E-state index contributed by atoms with van der Waals surface area (Å²) < 4.78 is 5.19. The van der Waals surface area contributed by atoms with Crippen molar-refractivity contribution >= 4 is 11.8 Å². The first kappa shape index (κ1) is 19.1. The van der Waals surface area contributed by atoms with Crippen LogP contribution in [0.2, 0.25) is 0 Å². The van der Waals surface area contributed by atoms with Crippen LogP contribution >= 0.6 is 0 Å². The van der Waals surface area contributed by atoms with Gasteiger partial charge in [0.25, 0.3) is 11.8 Å². The third-order valence-corrected chi connectivity index (χ3v) is 7.07. The number of pyridine rings is 1. The Morgan fingerprint density at radius 2 is 1.57 bits per heavy atom. The standard InChI is InChI=1S/C24H27N3O3/c1-30-19-7-5-18(6-8-19)21(28)26-23-11-16-10-17(12-23)14-24(13-16,15-23)27-22(29)20-4-2-3-9-25-20/h2-9,16-17H,10-15H2,1H3,(H,26,28)(H,27,29). The van der Waals surface area contributed by atoms with Gasteiger partial charge in [0.05, 0.1) is 7.11 Å². The molecule has 2 atom stereocenters. The van der Waals surface area contributed by atoms with Crippen molar-refractivity contribution in [3.8, 4) is 5.75 Å². The Morgan fingerprint density at radius 3 is 2.13 bits per heavy atom. The highest BCUT2D eigenvalue weighted by Gasteiger charge is 2.58. The van der Waals surface area contributed by atoms with Crippen LogP contribution in [-0.4, -0.2) is 35.0 Å². The first-order valence-corrected chi connectivity index (χ1v) is 10.7. The van der Waals surface area contributed by atoms with Crippen LogP contribution in [0.25, 0.3) is 0 Å². The zero-order valence-corrected chi connectivity index (χ0v) is 17.2. The second kappa shape index (κ2) is 7.11. The van der Waals surface area contributed by atoms with E-state index in [0.29, 0.717) is 23.1 Å². The summed E-state index contributed by atoms with van der Waals surface area (Å²) in [6, 6.07) is 12.6. The molecule has 0 saturated heterocycles. The first-order chi connectivity index (χ1) is 14.5. The highest BCUT2D eigenvalue weighted by Crippen LogP contribution is 2.57. The molecule has 4 fully saturated rings. The van der Waals surface area contributed by atoms with Crippen LogP contribution in [0, 0.1) is 11.8 Å². The van der Waals surface area contributed by atoms with Crippen molar-refractivity contribution in [2.45, 2.75) is 49.6 Å². The van der Waals surface area contributed by atoms with Gasteiger partial charge in [-0.05, 0) is 86.8 Å². The number of carbonyl (C=O) groups is 2. The molecule has 6 nitrogen and oxygen atoms in total. The maximum absolute atomic E-state index is 13.0. The van der Waals surface area contributed by atoms with Gasteiger partial charge >= 0.3 is 0 Å². The Kier molecular flexibility index (Phi) is 4.53. The minimum Gasteiger partial charge on any atom is -0.497 e. The molecule has 6 heteroatoms. The predicted octanol–water partition coefficient (Wildman–Crippen LogP) is 3.34. The van der Waals surface area contributed by atoms with Gasteiger partial charge in [-0.1, -0.05) is 6.07 Å². The Hall–Kier alpha value is -2.89. The maximum atomic E-state index is 13.0. The lowest BCUT2D eigenvalue weighted by molar-refractivity contribution is -0.0448. The van der Waals surface area contributed by atoms with Crippen molar-refractivity contribution in [3.05, 3.63) is 59.9 Å². The van der Waals surface area contributed by atoms with E-state index in [4.69, 9.17) is 4.74 Å². The van der Waals surface area contributed by atoms with Gasteiger partial charge in [0.1, 0.15) is 11.4 Å². The van der Waals surface area contributed by atoms with E-state index in [9.17, 15) is 9.59 Å². The van der Waals surface area contributed by atoms with Crippen molar-refractivity contribution < 1.29 is 14.3 Å². The molecular weight excluding hydrogens is 378 g/mol. The number of aromatic nitrogens is 1. The van der Waals surface area contributed by atoms with E-state index in [2.05, 4.69) is 15.6 Å². The highest BCUT2D eigenvalue weighted by molar-refractivity contribution is 5.95. The van der Waals surface area contributed by atoms with Crippen LogP contribution in [0.15, 0.2) is 48.7 Å². The lowest BCUT2D eigenvalue weighted by atomic mass is 9.49. The van der Waals surface area contributed by atoms with Crippen LogP contribution in [-0.2, 0) is 0 Å². The summed E-state index contributed by atoms with van der Waals surface area (Å²) in [6.07, 6.45) is 7.59. The molecule has 6 rings (SSSR count). The monoisotopic (exact) mass is 405 g/mol. The summed E-state index contributed by atoms with van der Waals surface area (Å²) in [5.74, 6) is 1.63. The summed E-state index contributed by atoms with van der Waals surface area (Å²) in [7, 11) is 1.61. The molecule has 1 aromatic heterocycles. The smallest absolute Gasteiger partial charge is 0.270 e. The van der Waals surface area contributed by atoms with Crippen molar-refractivity contribution in [1.29, 1.82) is 0 Å². The normalized spacial score (nSPS) is 31.2. The van der Waals surface area contributed by atoms with Gasteiger partial charge in [-0.3, -0.25) is 14.6 Å². The van der Waals surface area contributed by atoms with Crippen molar-refractivity contribution in [3.63, 3.8) is 0 Å². The van der Waals surface area contributed by atoms with E-state index in [1.807, 2.05) is 24.3 Å². The molecule has 2 unspecified atom stereocenters. The highest BCUT2D eigenvalue weighted by atomic mass is 16.5. The first-order valence-electron chi connectivity index (χ1n) is 10.7. The molecule has 4 saturated carbocycles. The van der Waals surface area contributed by atoms with Crippen LogP contribution < -0.4 is 15.4 Å². The van der Waals surface area contributed by atoms with E-state index in [0.717, 1.165) is 37.9 Å². The van der Waals surface area contributed by atoms with Gasteiger partial charge < -0.3 is 15.4 Å². The van der Waals surface area contributed by atoms with E-state index < -0.39 is 0 Å². The zero-order chi connectivity index (χ0) is 20.8. The number of carbonyl (C=O) groups excluding carboxylic acids is 2. The number of methoxy groups -OCH3 is 1. The van der Waals surface area contributed by atoms with Crippen LogP contribution in [0.4, 0.5) is 0 Å². The SMILES string of the molecule is COc1ccc(C(=O)NC23CC4CC(C2)CC(NC(=O)c2ccccn2)(C4)C3)cc1. The molecule has 4 aliphatic rings. The summed E-state index contributed by atoms with van der Waals surface area (Å²) in [4.78, 5) is 30.1. The Morgan fingerprint density at radius 1 is 0.933 bits per heavy atom.